The van der Waals surface area contributed by atoms with Crippen LogP contribution in [0.15, 0.2) is 103 Å². The molecule has 0 spiro atoms. The Morgan fingerprint density at radius 3 is 1.42 bits per heavy atom. The van der Waals surface area contributed by atoms with Gasteiger partial charge in [-0.15, -0.1) is 6.42 Å². The molecule has 3 aromatic carbocycles. The highest BCUT2D eigenvalue weighted by molar-refractivity contribution is 7.95. The maximum Gasteiger partial charge on any atom is 0.116 e. The maximum absolute atomic E-state index is 5.61. The number of allylic oxidation sites excluding steroid dienone is 2. The molecule has 0 unspecified atom stereocenters. The molecule has 0 atom stereocenters. The molecule has 0 aliphatic carbocycles. The lowest BCUT2D eigenvalue weighted by Crippen LogP contribution is -3.00. The third kappa shape index (κ3) is 4.16. The normalized spacial score (nSPS) is 11.3. The van der Waals surface area contributed by atoms with Crippen LogP contribution in [0.3, 0.4) is 0 Å². The van der Waals surface area contributed by atoms with Gasteiger partial charge in [0.2, 0.25) is 0 Å². The van der Waals surface area contributed by atoms with Gasteiger partial charge < -0.3 is 17.0 Å². The van der Waals surface area contributed by atoms with Crippen LogP contribution in [-0.4, -0.2) is 6.16 Å². The van der Waals surface area contributed by atoms with Crippen LogP contribution in [0.2, 0.25) is 0 Å². The molecular weight excluding hydrogens is 399 g/mol. The third-order valence-corrected chi connectivity index (χ3v) is 8.76. The first-order chi connectivity index (χ1) is 12.3. The molecule has 0 fully saturated rings. The summed E-state index contributed by atoms with van der Waals surface area (Å²) in [5.74, 6) is 2.77. The molecule has 0 amide bonds. The highest BCUT2D eigenvalue weighted by Crippen LogP contribution is 2.55. The predicted molar refractivity (Wildman–Crippen MR) is 113 cm³/mol. The Labute approximate surface area is 168 Å². The topological polar surface area (TPSA) is 0 Å². The van der Waals surface area contributed by atoms with Gasteiger partial charge in [0.25, 0.3) is 0 Å². The molecule has 0 saturated heterocycles. The molecule has 0 bridgehead atoms. The van der Waals surface area contributed by atoms with Crippen molar-refractivity contribution in [2.45, 2.75) is 6.92 Å². The number of benzene rings is 3. The van der Waals surface area contributed by atoms with Crippen molar-refractivity contribution in [2.75, 3.05) is 6.16 Å². The van der Waals surface area contributed by atoms with Crippen LogP contribution in [0, 0.1) is 12.3 Å². The van der Waals surface area contributed by atoms with E-state index in [4.69, 9.17) is 6.42 Å². The van der Waals surface area contributed by atoms with Crippen molar-refractivity contribution in [3.8, 4) is 12.3 Å². The van der Waals surface area contributed by atoms with E-state index in [1.54, 1.807) is 0 Å². The summed E-state index contributed by atoms with van der Waals surface area (Å²) < 4.78 is 0. The Balaban J connectivity index is 0.00000243. The highest BCUT2D eigenvalue weighted by atomic mass is 79.9. The van der Waals surface area contributed by atoms with Crippen molar-refractivity contribution >= 4 is 23.2 Å². The van der Waals surface area contributed by atoms with E-state index in [2.05, 4.69) is 103 Å². The van der Waals surface area contributed by atoms with Crippen molar-refractivity contribution in [3.05, 3.63) is 103 Å². The van der Waals surface area contributed by atoms with E-state index in [1.807, 2.05) is 6.92 Å². The summed E-state index contributed by atoms with van der Waals surface area (Å²) in [5.41, 5.74) is 0.993. The van der Waals surface area contributed by atoms with Crippen molar-refractivity contribution in [2.24, 2.45) is 0 Å². The quantitative estimate of drug-likeness (QED) is 0.434. The van der Waals surface area contributed by atoms with Crippen LogP contribution in [0.1, 0.15) is 6.92 Å². The summed E-state index contributed by atoms with van der Waals surface area (Å²) in [5, 5.41) is 4.15. The molecule has 26 heavy (non-hydrogen) atoms. The number of terminal acetylenes is 1. The summed E-state index contributed by atoms with van der Waals surface area (Å²) in [6.45, 7) is 2.01. The van der Waals surface area contributed by atoms with Crippen LogP contribution in [0.4, 0.5) is 0 Å². The molecule has 0 N–H and O–H groups in total. The van der Waals surface area contributed by atoms with E-state index in [0.717, 1.165) is 11.7 Å². The van der Waals surface area contributed by atoms with E-state index in [-0.39, 0.29) is 17.0 Å². The van der Waals surface area contributed by atoms with Crippen molar-refractivity contribution < 1.29 is 17.0 Å². The molecule has 130 valence electrons. The molecule has 2 heteroatoms. The Hall–Kier alpha value is -2.13. The molecular formula is C24H22BrP. The second-order valence-corrected chi connectivity index (χ2v) is 9.56. The van der Waals surface area contributed by atoms with Crippen molar-refractivity contribution in [1.29, 1.82) is 0 Å². The lowest BCUT2D eigenvalue weighted by Gasteiger charge is -2.26. The fraction of sp³-hybridized carbons (Fsp3) is 0.0833. The van der Waals surface area contributed by atoms with E-state index in [1.165, 1.54) is 15.9 Å². The van der Waals surface area contributed by atoms with Gasteiger partial charge in [-0.25, -0.2) is 0 Å². The second-order valence-electron chi connectivity index (χ2n) is 6.03. The van der Waals surface area contributed by atoms with E-state index in [0.29, 0.717) is 0 Å². The molecule has 3 aromatic rings. The first kappa shape index (κ1) is 20.2. The van der Waals surface area contributed by atoms with Gasteiger partial charge in [-0.2, -0.15) is 0 Å². The van der Waals surface area contributed by atoms with Crippen LogP contribution in [0.25, 0.3) is 0 Å². The molecule has 0 saturated carbocycles. The number of hydrogen-bond donors (Lipinski definition) is 0. The fourth-order valence-corrected chi connectivity index (χ4v) is 7.26. The lowest BCUT2D eigenvalue weighted by atomic mass is 10.3. The summed E-state index contributed by atoms with van der Waals surface area (Å²) in [4.78, 5) is 0. The number of hydrogen-bond acceptors (Lipinski definition) is 0. The first-order valence-electron chi connectivity index (χ1n) is 8.45. The van der Waals surface area contributed by atoms with Crippen LogP contribution >= 0.6 is 7.26 Å². The Morgan fingerprint density at radius 1 is 0.769 bits per heavy atom. The van der Waals surface area contributed by atoms with E-state index >= 15 is 0 Å². The van der Waals surface area contributed by atoms with Gasteiger partial charge in [0, 0.05) is 0 Å². The number of halogens is 1. The minimum Gasteiger partial charge on any atom is -1.00 e. The van der Waals surface area contributed by atoms with Gasteiger partial charge in [0.15, 0.2) is 0 Å². The Morgan fingerprint density at radius 2 is 1.12 bits per heavy atom. The number of rotatable bonds is 5. The van der Waals surface area contributed by atoms with Crippen molar-refractivity contribution in [3.63, 3.8) is 0 Å². The van der Waals surface area contributed by atoms with E-state index in [9.17, 15) is 0 Å². The summed E-state index contributed by atoms with van der Waals surface area (Å²) in [7, 11) is -1.79. The summed E-state index contributed by atoms with van der Waals surface area (Å²) >= 11 is 0. The minimum absolute atomic E-state index is 0. The molecule has 0 aromatic heterocycles. The molecule has 0 radical (unpaired) electrons. The average molecular weight is 421 g/mol. The van der Waals surface area contributed by atoms with Gasteiger partial charge in [-0.3, -0.25) is 0 Å². The first-order valence-corrected chi connectivity index (χ1v) is 10.4. The molecule has 0 nitrogen and oxygen atoms in total. The zero-order chi connectivity index (χ0) is 17.5. The predicted octanol–water partition coefficient (Wildman–Crippen LogP) is 1.56. The lowest BCUT2D eigenvalue weighted by molar-refractivity contribution is -0.00000489. The molecule has 0 aliphatic heterocycles. The van der Waals surface area contributed by atoms with Gasteiger partial charge in [-0.05, 0) is 55.0 Å². The van der Waals surface area contributed by atoms with E-state index < -0.39 is 7.26 Å². The summed E-state index contributed by atoms with van der Waals surface area (Å²) in [6, 6.07) is 32.6. The standard InChI is InChI=1S/C24H22P.BrH/c1-3-21(2)19-20-25(22-13-7-4-8-14-22,23-15-9-5-10-16-23)24-17-11-6-12-18-24;/h1,4-19H,20H2,2H3;1H/q+1;/p-1. The van der Waals surface area contributed by atoms with Gasteiger partial charge in [0.05, 0.1) is 6.16 Å². The Kier molecular flexibility index (Phi) is 7.40. The Bertz CT molecular complexity index is 781. The zero-order valence-electron chi connectivity index (χ0n) is 14.8. The third-order valence-electron chi connectivity index (χ3n) is 4.49. The maximum atomic E-state index is 5.61. The van der Waals surface area contributed by atoms with Crippen LogP contribution < -0.4 is 32.9 Å². The van der Waals surface area contributed by atoms with Crippen LogP contribution in [0.5, 0.6) is 0 Å². The van der Waals surface area contributed by atoms with Crippen LogP contribution in [-0.2, 0) is 0 Å². The average Bonchev–Trinajstić information content (AvgIpc) is 2.71. The fourth-order valence-electron chi connectivity index (χ4n) is 3.14. The molecule has 3 rings (SSSR count). The smallest absolute Gasteiger partial charge is 0.116 e. The monoisotopic (exact) mass is 420 g/mol. The largest absolute Gasteiger partial charge is 1.00 e. The second kappa shape index (κ2) is 9.54. The van der Waals surface area contributed by atoms with Gasteiger partial charge in [-0.1, -0.05) is 60.5 Å². The zero-order valence-corrected chi connectivity index (χ0v) is 17.3. The highest BCUT2D eigenvalue weighted by Gasteiger charge is 2.44. The minimum atomic E-state index is -1.79. The molecule has 0 aliphatic rings. The van der Waals surface area contributed by atoms with Gasteiger partial charge in [0.1, 0.15) is 23.2 Å². The van der Waals surface area contributed by atoms with Gasteiger partial charge >= 0.3 is 0 Å². The molecule has 0 heterocycles. The van der Waals surface area contributed by atoms with Crippen molar-refractivity contribution in [1.82, 2.24) is 0 Å². The SMILES string of the molecule is C#CC(C)=CC[P+](c1ccccc1)(c1ccccc1)c1ccccc1.[Br-]. The summed E-state index contributed by atoms with van der Waals surface area (Å²) in [6.07, 6.45) is 8.77.